The van der Waals surface area contributed by atoms with E-state index in [4.69, 9.17) is 0 Å². The normalized spacial score (nSPS) is 9.93. The van der Waals surface area contributed by atoms with Gasteiger partial charge in [-0.2, -0.15) is 0 Å². The highest BCUT2D eigenvalue weighted by Crippen LogP contribution is 2.18. The van der Waals surface area contributed by atoms with Gasteiger partial charge in [0.2, 0.25) is 0 Å². The summed E-state index contributed by atoms with van der Waals surface area (Å²) in [6.45, 7) is 15.6. The fraction of sp³-hybridized carbons (Fsp3) is 0.154. The summed E-state index contributed by atoms with van der Waals surface area (Å²) in [5.74, 6) is 20.8. The summed E-state index contributed by atoms with van der Waals surface area (Å²) >= 11 is 0. The highest BCUT2D eigenvalue weighted by molar-refractivity contribution is 5.53. The number of halogens is 4. The van der Waals surface area contributed by atoms with Gasteiger partial charge >= 0.3 is 0 Å². The largest absolute Gasteiger partial charge is 0.207 e. The molecule has 0 aliphatic carbocycles. The van der Waals surface area contributed by atoms with Crippen molar-refractivity contribution in [3.63, 3.8) is 0 Å². The van der Waals surface area contributed by atoms with E-state index in [0.717, 1.165) is 44.5 Å². The van der Waals surface area contributed by atoms with Crippen LogP contribution in [0.5, 0.6) is 0 Å². The molecule has 0 spiro atoms. The molecule has 0 bridgehead atoms. The molecule has 0 radical (unpaired) electrons. The first-order chi connectivity index (χ1) is 26.7. The van der Waals surface area contributed by atoms with E-state index in [1.54, 1.807) is 0 Å². The van der Waals surface area contributed by atoms with Crippen LogP contribution in [0.25, 0.3) is 0 Å². The number of hydrogen-bond acceptors (Lipinski definition) is 0. The van der Waals surface area contributed by atoms with E-state index in [-0.39, 0.29) is 16.7 Å². The quantitative estimate of drug-likeness (QED) is 0.107. The smallest absolute Gasteiger partial charge is 0.143 e. The van der Waals surface area contributed by atoms with E-state index in [1.165, 1.54) is 47.9 Å². The van der Waals surface area contributed by atoms with Crippen LogP contribution in [-0.2, 0) is 0 Å². The van der Waals surface area contributed by atoms with Crippen molar-refractivity contribution < 1.29 is 17.6 Å². The fourth-order valence-electron chi connectivity index (χ4n) is 5.50. The molecule has 0 atom stereocenters. The van der Waals surface area contributed by atoms with Gasteiger partial charge in [-0.05, 0) is 162 Å². The Kier molecular flexibility index (Phi) is 13.1. The van der Waals surface area contributed by atoms with Gasteiger partial charge in [0.25, 0.3) is 0 Å². The Morgan fingerprint density at radius 3 is 1.07 bits per heavy atom. The summed E-state index contributed by atoms with van der Waals surface area (Å²) in [5, 5.41) is 0. The van der Waals surface area contributed by atoms with Crippen molar-refractivity contribution in [2.45, 2.75) is 55.4 Å². The molecular formula is C52H40F4. The van der Waals surface area contributed by atoms with Crippen LogP contribution >= 0.6 is 0 Å². The first-order valence-corrected chi connectivity index (χ1v) is 18.0. The molecule has 0 nitrogen and oxygen atoms in total. The summed E-state index contributed by atoms with van der Waals surface area (Å²) in [6, 6.07) is 28.2. The molecule has 6 rings (SSSR count). The molecular weight excluding hydrogens is 701 g/mol. The van der Waals surface area contributed by atoms with Crippen LogP contribution in [-0.4, -0.2) is 0 Å². The van der Waals surface area contributed by atoms with E-state index in [2.05, 4.69) is 86.3 Å². The first kappa shape index (κ1) is 40.5. The Labute approximate surface area is 328 Å². The lowest BCUT2D eigenvalue weighted by atomic mass is 10.0. The maximum Gasteiger partial charge on any atom is 0.143 e. The second-order valence-electron chi connectivity index (χ2n) is 13.8. The van der Waals surface area contributed by atoms with Crippen molar-refractivity contribution in [2.24, 2.45) is 0 Å². The lowest BCUT2D eigenvalue weighted by Gasteiger charge is -2.04. The van der Waals surface area contributed by atoms with Crippen LogP contribution < -0.4 is 0 Å². The van der Waals surface area contributed by atoms with Crippen LogP contribution in [0.4, 0.5) is 17.6 Å². The van der Waals surface area contributed by atoms with Gasteiger partial charge in [-0.15, -0.1) is 0 Å². The topological polar surface area (TPSA) is 0 Å². The third-order valence-electron chi connectivity index (χ3n) is 9.31. The van der Waals surface area contributed by atoms with Crippen molar-refractivity contribution >= 4 is 0 Å². The van der Waals surface area contributed by atoms with Crippen LogP contribution in [0.1, 0.15) is 89.0 Å². The summed E-state index contributed by atoms with van der Waals surface area (Å²) in [5.41, 5.74) is 12.7. The van der Waals surface area contributed by atoms with E-state index in [9.17, 15) is 17.6 Å². The average Bonchev–Trinajstić information content (AvgIpc) is 3.16. The lowest BCUT2D eigenvalue weighted by molar-refractivity contribution is 0.567. The third kappa shape index (κ3) is 10.7. The third-order valence-corrected chi connectivity index (χ3v) is 9.31. The maximum absolute atomic E-state index is 14.4. The molecule has 0 saturated heterocycles. The highest BCUT2D eigenvalue weighted by atomic mass is 19.1. The molecule has 0 fully saturated rings. The standard InChI is InChI=1S/2C26H20F2/c1-17-5-7-21(8-6-17)10-12-24-25(27)15-22(16-26(24)28)9-11-23-14-19(3)18(2)13-20(23)4;1-17-13-19(3)24(14-18(17)2)12-11-22-7-5-21(6-8-22)9-10-23-15-25(27)20(4)26(28)16-23/h2*5-8,13-16H,1-4H3. The zero-order valence-electron chi connectivity index (χ0n) is 32.7. The van der Waals surface area contributed by atoms with E-state index in [0.29, 0.717) is 11.1 Å². The minimum atomic E-state index is -0.708. The predicted molar refractivity (Wildman–Crippen MR) is 220 cm³/mol. The Bertz CT molecular complexity index is 2660. The van der Waals surface area contributed by atoms with Gasteiger partial charge in [0.1, 0.15) is 23.3 Å². The molecule has 0 aromatic heterocycles. The molecule has 56 heavy (non-hydrogen) atoms. The highest BCUT2D eigenvalue weighted by Gasteiger charge is 2.09. The molecule has 0 amide bonds. The van der Waals surface area contributed by atoms with Crippen molar-refractivity contribution in [3.8, 4) is 47.4 Å². The molecule has 0 unspecified atom stereocenters. The monoisotopic (exact) mass is 740 g/mol. The first-order valence-electron chi connectivity index (χ1n) is 18.0. The number of aryl methyl sites for hydroxylation is 7. The minimum Gasteiger partial charge on any atom is -0.207 e. The van der Waals surface area contributed by atoms with Gasteiger partial charge in [-0.25, -0.2) is 17.6 Å². The van der Waals surface area contributed by atoms with Gasteiger partial charge in [-0.1, -0.05) is 77.2 Å². The SMILES string of the molecule is Cc1cc(C)c(C#Cc2ccc(C#Cc3cc(F)c(C)c(F)c3)cc2)cc1C.Cc1ccc(C#Cc2c(F)cc(C#Cc3cc(C)c(C)cc3C)cc2F)cc1. The molecule has 0 aliphatic heterocycles. The Morgan fingerprint density at radius 2 is 0.625 bits per heavy atom. The Balaban J connectivity index is 0.000000214. The number of rotatable bonds is 0. The summed E-state index contributed by atoms with van der Waals surface area (Å²) in [4.78, 5) is 0. The van der Waals surface area contributed by atoms with Gasteiger partial charge in [0.15, 0.2) is 0 Å². The van der Waals surface area contributed by atoms with Crippen molar-refractivity contribution in [1.29, 1.82) is 0 Å². The fourth-order valence-corrected chi connectivity index (χ4v) is 5.50. The van der Waals surface area contributed by atoms with Crippen molar-refractivity contribution in [2.75, 3.05) is 0 Å². The maximum atomic E-state index is 14.4. The predicted octanol–water partition coefficient (Wildman–Crippen LogP) is 12.0. The Hall–Kier alpha value is -6.72. The molecule has 276 valence electrons. The summed E-state index contributed by atoms with van der Waals surface area (Å²) in [7, 11) is 0. The van der Waals surface area contributed by atoms with Gasteiger partial charge in [0, 0.05) is 44.5 Å². The van der Waals surface area contributed by atoms with Gasteiger partial charge in [0.05, 0.1) is 5.56 Å². The number of benzene rings is 6. The van der Waals surface area contributed by atoms with Crippen LogP contribution in [0.2, 0.25) is 0 Å². The lowest BCUT2D eigenvalue weighted by Crippen LogP contribution is -1.93. The van der Waals surface area contributed by atoms with Gasteiger partial charge < -0.3 is 0 Å². The molecule has 6 aromatic rings. The Morgan fingerprint density at radius 1 is 0.304 bits per heavy atom. The second kappa shape index (κ2) is 18.1. The van der Waals surface area contributed by atoms with Gasteiger partial charge in [-0.3, -0.25) is 0 Å². The molecule has 0 aliphatic rings. The van der Waals surface area contributed by atoms with Crippen LogP contribution in [0.3, 0.4) is 0 Å². The zero-order valence-corrected chi connectivity index (χ0v) is 32.7. The number of hydrogen-bond donors (Lipinski definition) is 0. The van der Waals surface area contributed by atoms with E-state index in [1.807, 2.05) is 82.3 Å². The zero-order chi connectivity index (χ0) is 40.5. The van der Waals surface area contributed by atoms with E-state index >= 15 is 0 Å². The molecule has 0 N–H and O–H groups in total. The second-order valence-corrected chi connectivity index (χ2v) is 13.8. The summed E-state index contributed by atoms with van der Waals surface area (Å²) in [6.07, 6.45) is 0. The molecule has 4 heteroatoms. The molecule has 0 saturated carbocycles. The minimum absolute atomic E-state index is 0.00693. The molecule has 0 heterocycles. The van der Waals surface area contributed by atoms with E-state index < -0.39 is 23.3 Å². The van der Waals surface area contributed by atoms with Crippen molar-refractivity contribution in [3.05, 3.63) is 209 Å². The van der Waals surface area contributed by atoms with Crippen LogP contribution in [0.15, 0.2) is 97.1 Å². The average molecular weight is 741 g/mol. The van der Waals surface area contributed by atoms with Crippen LogP contribution in [0, 0.1) is 126 Å². The van der Waals surface area contributed by atoms with Crippen molar-refractivity contribution in [1.82, 2.24) is 0 Å². The molecule has 6 aromatic carbocycles. The summed E-state index contributed by atoms with van der Waals surface area (Å²) < 4.78 is 56.0.